The van der Waals surface area contributed by atoms with Crippen LogP contribution in [-0.2, 0) is 0 Å². The number of thiazole rings is 1. The van der Waals surface area contributed by atoms with E-state index in [2.05, 4.69) is 4.98 Å². The number of nitrogens with zero attached hydrogens (tertiary/aromatic N) is 1. The minimum Gasteiger partial charge on any atom is -0.497 e. The highest BCUT2D eigenvalue weighted by atomic mass is 32.1. The Labute approximate surface area is 97.6 Å². The fourth-order valence-corrected chi connectivity index (χ4v) is 2.18. The Kier molecular flexibility index (Phi) is 2.96. The van der Waals surface area contributed by atoms with Crippen LogP contribution in [0, 0.1) is 0 Å². The summed E-state index contributed by atoms with van der Waals surface area (Å²) in [6.07, 6.45) is 0. The second-order valence-corrected chi connectivity index (χ2v) is 3.99. The van der Waals surface area contributed by atoms with E-state index in [4.69, 9.17) is 15.2 Å². The maximum absolute atomic E-state index is 5.78. The van der Waals surface area contributed by atoms with Crippen LogP contribution in [0.25, 0.3) is 10.4 Å². The van der Waals surface area contributed by atoms with Gasteiger partial charge in [-0.1, -0.05) is 0 Å². The first kappa shape index (κ1) is 10.8. The zero-order valence-corrected chi connectivity index (χ0v) is 9.88. The summed E-state index contributed by atoms with van der Waals surface area (Å²) in [5.74, 6) is 2.01. The summed E-state index contributed by atoms with van der Waals surface area (Å²) >= 11 is 1.49. The molecule has 2 aromatic rings. The second-order valence-electron chi connectivity index (χ2n) is 3.13. The molecule has 0 aliphatic rings. The molecule has 2 rings (SSSR count). The van der Waals surface area contributed by atoms with Crippen LogP contribution < -0.4 is 15.2 Å². The first-order chi connectivity index (χ1) is 7.76. The lowest BCUT2D eigenvalue weighted by atomic mass is 10.1. The van der Waals surface area contributed by atoms with Crippen molar-refractivity contribution in [3.05, 3.63) is 23.7 Å². The molecule has 0 amide bonds. The van der Waals surface area contributed by atoms with E-state index < -0.39 is 0 Å². The van der Waals surface area contributed by atoms with Crippen LogP contribution in [0.15, 0.2) is 23.7 Å². The zero-order valence-electron chi connectivity index (χ0n) is 9.06. The largest absolute Gasteiger partial charge is 0.497 e. The molecule has 1 aromatic heterocycles. The van der Waals surface area contributed by atoms with E-state index in [9.17, 15) is 0 Å². The van der Waals surface area contributed by atoms with Gasteiger partial charge in [0.05, 0.1) is 24.6 Å². The number of rotatable bonds is 3. The molecule has 2 N–H and O–H groups in total. The summed E-state index contributed by atoms with van der Waals surface area (Å²) in [5.41, 5.74) is 8.43. The lowest BCUT2D eigenvalue weighted by Gasteiger charge is -2.09. The van der Waals surface area contributed by atoms with Crippen LogP contribution in [0.2, 0.25) is 0 Å². The van der Waals surface area contributed by atoms with Crippen molar-refractivity contribution >= 4 is 17.2 Å². The Hall–Kier alpha value is -1.75. The SMILES string of the molecule is COc1ccc(-c2scnc2N)c(OC)c1. The van der Waals surface area contributed by atoms with Crippen molar-refractivity contribution in [3.63, 3.8) is 0 Å². The first-order valence-electron chi connectivity index (χ1n) is 4.67. The number of nitrogens with two attached hydrogens (primary N) is 1. The van der Waals surface area contributed by atoms with Crippen molar-refractivity contribution in [2.24, 2.45) is 0 Å². The fourth-order valence-electron chi connectivity index (χ4n) is 1.44. The highest BCUT2D eigenvalue weighted by molar-refractivity contribution is 7.13. The summed E-state index contributed by atoms with van der Waals surface area (Å²) in [5, 5.41) is 0. The molecule has 0 aliphatic heterocycles. The number of anilines is 1. The molecule has 0 radical (unpaired) electrons. The summed E-state index contributed by atoms with van der Waals surface area (Å²) in [6.45, 7) is 0. The summed E-state index contributed by atoms with van der Waals surface area (Å²) in [7, 11) is 3.24. The predicted octanol–water partition coefficient (Wildman–Crippen LogP) is 2.41. The minimum atomic E-state index is 0.522. The molecule has 0 bridgehead atoms. The monoisotopic (exact) mass is 236 g/mol. The maximum Gasteiger partial charge on any atom is 0.142 e. The Balaban J connectivity index is 2.53. The fraction of sp³-hybridized carbons (Fsp3) is 0.182. The summed E-state index contributed by atoms with van der Waals surface area (Å²) in [6, 6.07) is 5.62. The number of ether oxygens (including phenoxy) is 2. The van der Waals surface area contributed by atoms with Gasteiger partial charge in [-0.3, -0.25) is 0 Å². The van der Waals surface area contributed by atoms with Crippen LogP contribution in [0.5, 0.6) is 11.5 Å². The van der Waals surface area contributed by atoms with Crippen LogP contribution in [0.1, 0.15) is 0 Å². The van der Waals surface area contributed by atoms with Gasteiger partial charge in [0.2, 0.25) is 0 Å². The standard InChI is InChI=1S/C11H12N2O2S/c1-14-7-3-4-8(9(5-7)15-2)10-11(12)13-6-16-10/h3-6H,12H2,1-2H3. The van der Waals surface area contributed by atoms with E-state index in [-0.39, 0.29) is 0 Å². The Morgan fingerprint density at radius 1 is 1.25 bits per heavy atom. The molecule has 0 atom stereocenters. The Morgan fingerprint density at radius 3 is 2.62 bits per heavy atom. The van der Waals surface area contributed by atoms with Crippen molar-refractivity contribution in [1.82, 2.24) is 4.98 Å². The van der Waals surface area contributed by atoms with Gasteiger partial charge in [-0.2, -0.15) is 0 Å². The van der Waals surface area contributed by atoms with Crippen LogP contribution in [-0.4, -0.2) is 19.2 Å². The quantitative estimate of drug-likeness (QED) is 0.889. The first-order valence-corrected chi connectivity index (χ1v) is 5.55. The van der Waals surface area contributed by atoms with E-state index in [1.54, 1.807) is 19.7 Å². The molecule has 16 heavy (non-hydrogen) atoms. The number of nitrogen functional groups attached to an aromatic ring is 1. The molecule has 0 spiro atoms. The van der Waals surface area contributed by atoms with Crippen molar-refractivity contribution < 1.29 is 9.47 Å². The molecule has 0 saturated carbocycles. The van der Waals surface area contributed by atoms with E-state index in [1.165, 1.54) is 11.3 Å². The molecule has 0 saturated heterocycles. The average molecular weight is 236 g/mol. The van der Waals surface area contributed by atoms with Gasteiger partial charge in [-0.05, 0) is 12.1 Å². The minimum absolute atomic E-state index is 0.522. The molecule has 1 aromatic carbocycles. The van der Waals surface area contributed by atoms with E-state index >= 15 is 0 Å². The predicted molar refractivity (Wildman–Crippen MR) is 65.1 cm³/mol. The third-order valence-corrected chi connectivity index (χ3v) is 3.12. The zero-order chi connectivity index (χ0) is 11.5. The normalized spacial score (nSPS) is 10.1. The van der Waals surface area contributed by atoms with Gasteiger partial charge in [0.15, 0.2) is 0 Å². The lowest BCUT2D eigenvalue weighted by molar-refractivity contribution is 0.395. The molecular weight excluding hydrogens is 224 g/mol. The number of hydrogen-bond donors (Lipinski definition) is 1. The van der Waals surface area contributed by atoms with Crippen LogP contribution >= 0.6 is 11.3 Å². The van der Waals surface area contributed by atoms with Crippen LogP contribution in [0.3, 0.4) is 0 Å². The maximum atomic E-state index is 5.78. The van der Waals surface area contributed by atoms with Crippen molar-refractivity contribution in [2.45, 2.75) is 0 Å². The van der Waals surface area contributed by atoms with Gasteiger partial charge in [0.25, 0.3) is 0 Å². The summed E-state index contributed by atoms with van der Waals surface area (Å²) < 4.78 is 10.4. The van der Waals surface area contributed by atoms with Crippen molar-refractivity contribution in [1.29, 1.82) is 0 Å². The molecular formula is C11H12N2O2S. The van der Waals surface area contributed by atoms with Gasteiger partial charge in [-0.25, -0.2) is 4.98 Å². The van der Waals surface area contributed by atoms with E-state index in [0.717, 1.165) is 21.9 Å². The highest BCUT2D eigenvalue weighted by Gasteiger charge is 2.12. The highest BCUT2D eigenvalue weighted by Crippen LogP contribution is 2.38. The molecule has 0 fully saturated rings. The molecule has 1 heterocycles. The Bertz CT molecular complexity index is 496. The van der Waals surface area contributed by atoms with Gasteiger partial charge < -0.3 is 15.2 Å². The number of benzene rings is 1. The smallest absolute Gasteiger partial charge is 0.142 e. The van der Waals surface area contributed by atoms with Crippen molar-refractivity contribution in [2.75, 3.05) is 20.0 Å². The molecule has 5 heteroatoms. The van der Waals surface area contributed by atoms with Crippen molar-refractivity contribution in [3.8, 4) is 21.9 Å². The average Bonchev–Trinajstić information content (AvgIpc) is 2.74. The number of aromatic nitrogens is 1. The molecule has 0 unspecified atom stereocenters. The molecule has 4 nitrogen and oxygen atoms in total. The van der Waals surface area contributed by atoms with Crippen LogP contribution in [0.4, 0.5) is 5.82 Å². The molecule has 0 aliphatic carbocycles. The van der Waals surface area contributed by atoms with Gasteiger partial charge in [0.1, 0.15) is 17.3 Å². The second kappa shape index (κ2) is 4.40. The van der Waals surface area contributed by atoms with Gasteiger partial charge >= 0.3 is 0 Å². The Morgan fingerprint density at radius 2 is 2.06 bits per heavy atom. The summed E-state index contributed by atoms with van der Waals surface area (Å²) in [4.78, 5) is 4.94. The van der Waals surface area contributed by atoms with Gasteiger partial charge in [0, 0.05) is 11.6 Å². The third-order valence-electron chi connectivity index (χ3n) is 2.25. The van der Waals surface area contributed by atoms with Gasteiger partial charge in [-0.15, -0.1) is 11.3 Å². The number of hydrogen-bond acceptors (Lipinski definition) is 5. The third kappa shape index (κ3) is 1.81. The lowest BCUT2D eigenvalue weighted by Crippen LogP contribution is -1.92. The number of methoxy groups -OCH3 is 2. The molecule has 84 valence electrons. The van der Waals surface area contributed by atoms with E-state index in [0.29, 0.717) is 5.82 Å². The topological polar surface area (TPSA) is 57.4 Å². The van der Waals surface area contributed by atoms with E-state index in [1.807, 2.05) is 18.2 Å².